The molecule has 0 heterocycles. The lowest BCUT2D eigenvalue weighted by molar-refractivity contribution is -0.384. The van der Waals surface area contributed by atoms with E-state index in [0.29, 0.717) is 5.69 Å². The van der Waals surface area contributed by atoms with E-state index in [0.717, 1.165) is 0 Å². The highest BCUT2D eigenvalue weighted by Crippen LogP contribution is 2.23. The zero-order chi connectivity index (χ0) is 14.6. The summed E-state index contributed by atoms with van der Waals surface area (Å²) in [7, 11) is 0. The second-order valence-corrected chi connectivity index (χ2v) is 4.70. The minimum absolute atomic E-state index is 0.148. The molecule has 0 aliphatic carbocycles. The van der Waals surface area contributed by atoms with Gasteiger partial charge in [0.05, 0.1) is 21.6 Å². The minimum Gasteiger partial charge on any atom is -0.383 e. The zero-order valence-electron chi connectivity index (χ0n) is 10.6. The second kappa shape index (κ2) is 5.35. The number of carbonyl (C=O) groups excluding carboxylic acids is 1. The van der Waals surface area contributed by atoms with Crippen LogP contribution in [0.25, 0.3) is 0 Å². The van der Waals surface area contributed by atoms with Crippen molar-refractivity contribution in [3.63, 3.8) is 0 Å². The SMILES string of the molecule is CC(C)(CNc1ccc([N+](=O)[O-])cc1C#N)C(N)=O. The normalized spacial score (nSPS) is 10.6. The van der Waals surface area contributed by atoms with Crippen LogP contribution in [0.1, 0.15) is 19.4 Å². The fourth-order valence-electron chi connectivity index (χ4n) is 1.30. The fraction of sp³-hybridized carbons (Fsp3) is 0.333. The average Bonchev–Trinajstić information content (AvgIpc) is 2.35. The summed E-state index contributed by atoms with van der Waals surface area (Å²) in [5.41, 5.74) is 4.88. The first-order valence-electron chi connectivity index (χ1n) is 5.50. The van der Waals surface area contributed by atoms with Crippen LogP contribution in [0.15, 0.2) is 18.2 Å². The number of nitro groups is 1. The number of anilines is 1. The molecule has 7 heteroatoms. The lowest BCUT2D eigenvalue weighted by Crippen LogP contribution is -2.37. The van der Waals surface area contributed by atoms with Gasteiger partial charge in [-0.1, -0.05) is 0 Å². The molecule has 0 spiro atoms. The molecule has 0 aliphatic heterocycles. The van der Waals surface area contributed by atoms with E-state index in [1.807, 2.05) is 6.07 Å². The first kappa shape index (κ1) is 14.4. The predicted octanol–water partition coefficient (Wildman–Crippen LogP) is 1.39. The lowest BCUT2D eigenvalue weighted by atomic mass is 9.92. The highest BCUT2D eigenvalue weighted by atomic mass is 16.6. The number of non-ortho nitro benzene ring substituents is 1. The van der Waals surface area contributed by atoms with E-state index in [4.69, 9.17) is 11.0 Å². The number of rotatable bonds is 5. The third-order valence-corrected chi connectivity index (χ3v) is 2.72. The van der Waals surface area contributed by atoms with Crippen LogP contribution in [-0.4, -0.2) is 17.4 Å². The Balaban J connectivity index is 2.94. The third-order valence-electron chi connectivity index (χ3n) is 2.72. The summed E-state index contributed by atoms with van der Waals surface area (Å²) in [5, 5.41) is 22.5. The molecule has 0 aromatic heterocycles. The van der Waals surface area contributed by atoms with Gasteiger partial charge in [-0.2, -0.15) is 5.26 Å². The molecule has 3 N–H and O–H groups in total. The predicted molar refractivity (Wildman–Crippen MR) is 69.3 cm³/mol. The van der Waals surface area contributed by atoms with E-state index in [1.165, 1.54) is 18.2 Å². The van der Waals surface area contributed by atoms with Gasteiger partial charge in [-0.15, -0.1) is 0 Å². The number of nitriles is 1. The fourth-order valence-corrected chi connectivity index (χ4v) is 1.30. The maximum absolute atomic E-state index is 11.2. The Kier molecular flexibility index (Phi) is 4.07. The number of hydrogen-bond donors (Lipinski definition) is 2. The maximum atomic E-state index is 11.2. The molecule has 1 amide bonds. The van der Waals surface area contributed by atoms with Crippen molar-refractivity contribution in [3.05, 3.63) is 33.9 Å². The van der Waals surface area contributed by atoms with E-state index in [2.05, 4.69) is 5.32 Å². The van der Waals surface area contributed by atoms with Crippen LogP contribution in [0.4, 0.5) is 11.4 Å². The Hall–Kier alpha value is -2.62. The number of carbonyl (C=O) groups is 1. The molecule has 0 fully saturated rings. The monoisotopic (exact) mass is 262 g/mol. The number of nitrogens with one attached hydrogen (secondary N) is 1. The van der Waals surface area contributed by atoms with E-state index in [1.54, 1.807) is 13.8 Å². The molecular weight excluding hydrogens is 248 g/mol. The number of amides is 1. The van der Waals surface area contributed by atoms with Crippen LogP contribution in [0.5, 0.6) is 0 Å². The Labute approximate surface area is 110 Å². The number of nitro benzene ring substituents is 1. The Bertz CT molecular complexity index is 561. The van der Waals surface area contributed by atoms with Gasteiger partial charge in [0.1, 0.15) is 6.07 Å². The van der Waals surface area contributed by atoms with Crippen molar-refractivity contribution in [3.8, 4) is 6.07 Å². The molecule has 1 aromatic carbocycles. The van der Waals surface area contributed by atoms with Crippen molar-refractivity contribution in [2.75, 3.05) is 11.9 Å². The van der Waals surface area contributed by atoms with Crippen molar-refractivity contribution >= 4 is 17.3 Å². The van der Waals surface area contributed by atoms with Crippen molar-refractivity contribution in [1.82, 2.24) is 0 Å². The highest BCUT2D eigenvalue weighted by Gasteiger charge is 2.25. The quantitative estimate of drug-likeness (QED) is 0.613. The molecule has 7 nitrogen and oxygen atoms in total. The second-order valence-electron chi connectivity index (χ2n) is 4.70. The number of primary amides is 1. The van der Waals surface area contributed by atoms with Crippen LogP contribution in [0, 0.1) is 26.9 Å². The number of nitrogens with two attached hydrogens (primary N) is 1. The number of benzene rings is 1. The Morgan fingerprint density at radius 2 is 2.21 bits per heavy atom. The van der Waals surface area contributed by atoms with Gasteiger partial charge in [0.25, 0.3) is 5.69 Å². The highest BCUT2D eigenvalue weighted by molar-refractivity contribution is 5.80. The molecule has 0 saturated heterocycles. The molecule has 100 valence electrons. The molecule has 19 heavy (non-hydrogen) atoms. The molecule has 0 aliphatic rings. The minimum atomic E-state index is -0.783. The van der Waals surface area contributed by atoms with Crippen molar-refractivity contribution in [1.29, 1.82) is 5.26 Å². The van der Waals surface area contributed by atoms with Crippen molar-refractivity contribution in [2.45, 2.75) is 13.8 Å². The molecule has 0 atom stereocenters. The molecule has 0 radical (unpaired) electrons. The summed E-state index contributed by atoms with van der Waals surface area (Å²) < 4.78 is 0. The van der Waals surface area contributed by atoms with Crippen molar-refractivity contribution in [2.24, 2.45) is 11.1 Å². The van der Waals surface area contributed by atoms with Crippen LogP contribution in [0.2, 0.25) is 0 Å². The summed E-state index contributed by atoms with van der Waals surface area (Å²) in [6, 6.07) is 5.78. The van der Waals surface area contributed by atoms with Gasteiger partial charge in [-0.25, -0.2) is 0 Å². The summed E-state index contributed by atoms with van der Waals surface area (Å²) >= 11 is 0. The molecule has 0 unspecified atom stereocenters. The Morgan fingerprint density at radius 3 is 2.68 bits per heavy atom. The van der Waals surface area contributed by atoms with Crippen LogP contribution in [0.3, 0.4) is 0 Å². The lowest BCUT2D eigenvalue weighted by Gasteiger charge is -2.21. The molecule has 0 bridgehead atoms. The van der Waals surface area contributed by atoms with E-state index in [-0.39, 0.29) is 17.8 Å². The van der Waals surface area contributed by atoms with Crippen LogP contribution in [-0.2, 0) is 4.79 Å². The third kappa shape index (κ3) is 3.42. The van der Waals surface area contributed by atoms with Gasteiger partial charge in [0, 0.05) is 18.7 Å². The summed E-state index contributed by atoms with van der Waals surface area (Å²) in [4.78, 5) is 21.2. The average molecular weight is 262 g/mol. The summed E-state index contributed by atoms with van der Waals surface area (Å²) in [6.07, 6.45) is 0. The van der Waals surface area contributed by atoms with Gasteiger partial charge in [-0.05, 0) is 19.9 Å². The molecule has 0 saturated carbocycles. The van der Waals surface area contributed by atoms with E-state index in [9.17, 15) is 14.9 Å². The first-order chi connectivity index (χ1) is 8.77. The van der Waals surface area contributed by atoms with Crippen LogP contribution >= 0.6 is 0 Å². The topological polar surface area (TPSA) is 122 Å². The molecule has 1 rings (SSSR count). The molecule has 1 aromatic rings. The van der Waals surface area contributed by atoms with Gasteiger partial charge < -0.3 is 11.1 Å². The smallest absolute Gasteiger partial charge is 0.270 e. The largest absolute Gasteiger partial charge is 0.383 e. The summed E-state index contributed by atoms with van der Waals surface area (Å²) in [5.74, 6) is -0.472. The van der Waals surface area contributed by atoms with Gasteiger partial charge >= 0.3 is 0 Å². The first-order valence-corrected chi connectivity index (χ1v) is 5.50. The number of hydrogen-bond acceptors (Lipinski definition) is 5. The zero-order valence-corrected chi connectivity index (χ0v) is 10.6. The van der Waals surface area contributed by atoms with Gasteiger partial charge in [-0.3, -0.25) is 14.9 Å². The van der Waals surface area contributed by atoms with Gasteiger partial charge in [0.2, 0.25) is 5.91 Å². The van der Waals surface area contributed by atoms with Gasteiger partial charge in [0.15, 0.2) is 0 Å². The molecular formula is C12H14N4O3. The van der Waals surface area contributed by atoms with Crippen molar-refractivity contribution < 1.29 is 9.72 Å². The standard InChI is InChI=1S/C12H14N4O3/c1-12(2,11(14)17)7-15-10-4-3-9(16(18)19)5-8(10)6-13/h3-5,15H,7H2,1-2H3,(H2,14,17). The Morgan fingerprint density at radius 1 is 1.58 bits per heavy atom. The van der Waals surface area contributed by atoms with E-state index < -0.39 is 16.2 Å². The van der Waals surface area contributed by atoms with Crippen LogP contribution < -0.4 is 11.1 Å². The summed E-state index contributed by atoms with van der Waals surface area (Å²) in [6.45, 7) is 3.56. The maximum Gasteiger partial charge on any atom is 0.270 e. The number of nitrogens with zero attached hydrogens (tertiary/aromatic N) is 2. The van der Waals surface area contributed by atoms with E-state index >= 15 is 0 Å².